The van der Waals surface area contributed by atoms with Crippen LogP contribution in [0, 0.1) is 0 Å². The Morgan fingerprint density at radius 3 is 2.24 bits per heavy atom. The van der Waals surface area contributed by atoms with Crippen LogP contribution in [0.5, 0.6) is 0 Å². The van der Waals surface area contributed by atoms with E-state index in [0.717, 1.165) is 24.8 Å². The van der Waals surface area contributed by atoms with Gasteiger partial charge in [0.1, 0.15) is 5.67 Å². The van der Waals surface area contributed by atoms with Crippen molar-refractivity contribution in [1.82, 2.24) is 0 Å². The minimum Gasteiger partial charge on any atom is -0.240 e. The van der Waals surface area contributed by atoms with E-state index in [1.807, 2.05) is 26.0 Å². The molecule has 118 valence electrons. The molecule has 0 aliphatic carbocycles. The number of hydrogen-bond acceptors (Lipinski definition) is 0. The summed E-state index contributed by atoms with van der Waals surface area (Å²) in [6, 6.07) is 0. The maximum Gasteiger partial charge on any atom is 0.124 e. The van der Waals surface area contributed by atoms with Gasteiger partial charge >= 0.3 is 0 Å². The Kier molecular flexibility index (Phi) is 9.69. The van der Waals surface area contributed by atoms with Crippen molar-refractivity contribution in [3.8, 4) is 0 Å². The molecule has 0 aromatic rings. The lowest BCUT2D eigenvalue weighted by atomic mass is 9.97. The molecular formula is C20H31F. The highest BCUT2D eigenvalue weighted by Gasteiger charge is 2.13. The lowest BCUT2D eigenvalue weighted by Gasteiger charge is -2.13. The second-order valence-corrected chi connectivity index (χ2v) is 5.83. The van der Waals surface area contributed by atoms with E-state index in [1.165, 1.54) is 11.1 Å². The zero-order chi connectivity index (χ0) is 16.3. The zero-order valence-electron chi connectivity index (χ0n) is 14.5. The molecule has 0 aliphatic rings. The Morgan fingerprint density at radius 1 is 1.10 bits per heavy atom. The Morgan fingerprint density at radius 2 is 1.76 bits per heavy atom. The molecule has 0 fully saturated rings. The first kappa shape index (κ1) is 19.6. The van der Waals surface area contributed by atoms with E-state index >= 15 is 0 Å². The molecule has 0 nitrogen and oxygen atoms in total. The van der Waals surface area contributed by atoms with Gasteiger partial charge in [-0.3, -0.25) is 0 Å². The highest BCUT2D eigenvalue weighted by molar-refractivity contribution is 5.43. The lowest BCUT2D eigenvalue weighted by Crippen LogP contribution is -2.08. The molecule has 0 unspecified atom stereocenters. The standard InChI is InChI=1S/C20H31F/c1-7-10-11-13-17(4)14-15-18(9-3)19(12-8-2)16-20(5,6)21/h7-8,10,12,14-16H,9,11,13H2,1-6H3/b10-7-,12-8-,17-14+,18-15+,19-16+. The summed E-state index contributed by atoms with van der Waals surface area (Å²) in [5, 5.41) is 0. The minimum atomic E-state index is -1.30. The maximum absolute atomic E-state index is 13.9. The molecule has 0 bridgehead atoms. The fraction of sp³-hybridized carbons (Fsp3) is 0.500. The summed E-state index contributed by atoms with van der Waals surface area (Å²) >= 11 is 0. The molecule has 1 heteroatoms. The van der Waals surface area contributed by atoms with Gasteiger partial charge in [0, 0.05) is 0 Å². The van der Waals surface area contributed by atoms with Crippen molar-refractivity contribution in [1.29, 1.82) is 0 Å². The third-order valence-electron chi connectivity index (χ3n) is 3.11. The SMILES string of the molecule is C/C=C\CC/C(C)=C/C=C(CC)/C(/C=C\C)=C/C(C)(C)F. The van der Waals surface area contributed by atoms with E-state index < -0.39 is 5.67 Å². The first-order valence-electron chi connectivity index (χ1n) is 7.86. The third-order valence-corrected chi connectivity index (χ3v) is 3.11. The van der Waals surface area contributed by atoms with Gasteiger partial charge in [-0.2, -0.15) is 0 Å². The fourth-order valence-corrected chi connectivity index (χ4v) is 2.02. The second kappa shape index (κ2) is 10.4. The van der Waals surface area contributed by atoms with Crippen molar-refractivity contribution in [2.75, 3.05) is 0 Å². The van der Waals surface area contributed by atoms with Crippen LogP contribution in [0.1, 0.15) is 60.8 Å². The zero-order valence-corrected chi connectivity index (χ0v) is 14.5. The van der Waals surface area contributed by atoms with E-state index in [-0.39, 0.29) is 0 Å². The number of alkyl halides is 1. The van der Waals surface area contributed by atoms with Crippen LogP contribution < -0.4 is 0 Å². The summed E-state index contributed by atoms with van der Waals surface area (Å²) in [6.45, 7) is 11.4. The van der Waals surface area contributed by atoms with Crippen molar-refractivity contribution in [2.24, 2.45) is 0 Å². The Hall–Kier alpha value is -1.37. The molecule has 0 amide bonds. The topological polar surface area (TPSA) is 0 Å². The molecule has 0 aliphatic heterocycles. The minimum absolute atomic E-state index is 0.894. The van der Waals surface area contributed by atoms with Crippen LogP contribution in [0.25, 0.3) is 0 Å². The molecule has 0 aromatic heterocycles. The lowest BCUT2D eigenvalue weighted by molar-refractivity contribution is 0.286. The van der Waals surface area contributed by atoms with Crippen LogP contribution >= 0.6 is 0 Å². The van der Waals surface area contributed by atoms with E-state index in [2.05, 4.69) is 38.2 Å². The smallest absolute Gasteiger partial charge is 0.124 e. The van der Waals surface area contributed by atoms with Crippen molar-refractivity contribution >= 4 is 0 Å². The van der Waals surface area contributed by atoms with Crippen LogP contribution in [0.3, 0.4) is 0 Å². The van der Waals surface area contributed by atoms with Gasteiger partial charge in [0.2, 0.25) is 0 Å². The third kappa shape index (κ3) is 10.1. The van der Waals surface area contributed by atoms with E-state index in [4.69, 9.17) is 0 Å². The molecular weight excluding hydrogens is 259 g/mol. The Labute approximate surface area is 130 Å². The molecule has 0 aromatic carbocycles. The molecule has 21 heavy (non-hydrogen) atoms. The van der Waals surface area contributed by atoms with Gasteiger partial charge < -0.3 is 0 Å². The monoisotopic (exact) mass is 290 g/mol. The first-order valence-corrected chi connectivity index (χ1v) is 7.86. The molecule has 0 heterocycles. The van der Waals surface area contributed by atoms with Gasteiger partial charge in [-0.1, -0.05) is 49.0 Å². The van der Waals surface area contributed by atoms with E-state index in [9.17, 15) is 4.39 Å². The van der Waals surface area contributed by atoms with Gasteiger partial charge in [-0.15, -0.1) is 0 Å². The average Bonchev–Trinajstić information content (AvgIpc) is 2.38. The molecule has 0 rings (SSSR count). The van der Waals surface area contributed by atoms with Gasteiger partial charge in [0.05, 0.1) is 0 Å². The molecule has 0 atom stereocenters. The molecule has 0 N–H and O–H groups in total. The van der Waals surface area contributed by atoms with Crippen LogP contribution in [-0.2, 0) is 0 Å². The van der Waals surface area contributed by atoms with Gasteiger partial charge in [-0.05, 0) is 71.1 Å². The van der Waals surface area contributed by atoms with E-state index in [0.29, 0.717) is 0 Å². The van der Waals surface area contributed by atoms with Gasteiger partial charge in [0.15, 0.2) is 0 Å². The summed E-state index contributed by atoms with van der Waals surface area (Å²) in [7, 11) is 0. The quantitative estimate of drug-likeness (QED) is 0.338. The van der Waals surface area contributed by atoms with Crippen molar-refractivity contribution in [3.63, 3.8) is 0 Å². The summed E-state index contributed by atoms with van der Waals surface area (Å²) in [6.07, 6.45) is 17.2. The van der Waals surface area contributed by atoms with Gasteiger partial charge in [0.25, 0.3) is 0 Å². The van der Waals surface area contributed by atoms with Crippen LogP contribution in [-0.4, -0.2) is 5.67 Å². The largest absolute Gasteiger partial charge is 0.240 e. The van der Waals surface area contributed by atoms with Crippen molar-refractivity contribution in [3.05, 3.63) is 59.3 Å². The predicted octanol–water partition coefficient (Wildman–Crippen LogP) is 6.88. The second-order valence-electron chi connectivity index (χ2n) is 5.83. The molecule has 0 spiro atoms. The van der Waals surface area contributed by atoms with Crippen LogP contribution in [0.2, 0.25) is 0 Å². The highest BCUT2D eigenvalue weighted by Crippen LogP contribution is 2.22. The van der Waals surface area contributed by atoms with Crippen LogP contribution in [0.15, 0.2) is 59.3 Å². The Balaban J connectivity index is 5.21. The summed E-state index contributed by atoms with van der Waals surface area (Å²) in [5.41, 5.74) is 2.20. The first-order chi connectivity index (χ1) is 9.84. The molecule has 0 radical (unpaired) electrons. The Bertz CT molecular complexity index is 437. The molecule has 0 saturated carbocycles. The summed E-state index contributed by atoms with van der Waals surface area (Å²) < 4.78 is 13.9. The number of rotatable bonds is 8. The average molecular weight is 290 g/mol. The van der Waals surface area contributed by atoms with Gasteiger partial charge in [-0.25, -0.2) is 4.39 Å². The normalized spacial score (nSPS) is 15.5. The predicted molar refractivity (Wildman–Crippen MR) is 94.3 cm³/mol. The number of halogens is 1. The summed E-state index contributed by atoms with van der Waals surface area (Å²) in [5.74, 6) is 0. The van der Waals surface area contributed by atoms with E-state index in [1.54, 1.807) is 19.9 Å². The number of allylic oxidation sites excluding steroid dienone is 10. The van der Waals surface area contributed by atoms with Crippen LogP contribution in [0.4, 0.5) is 4.39 Å². The summed E-state index contributed by atoms with van der Waals surface area (Å²) in [4.78, 5) is 0. The van der Waals surface area contributed by atoms with Crippen molar-refractivity contribution < 1.29 is 4.39 Å². The van der Waals surface area contributed by atoms with Crippen molar-refractivity contribution in [2.45, 2.75) is 66.5 Å². The highest BCUT2D eigenvalue weighted by atomic mass is 19.1. The fourth-order valence-electron chi connectivity index (χ4n) is 2.02. The maximum atomic E-state index is 13.9. The number of hydrogen-bond donors (Lipinski definition) is 0. The molecule has 0 saturated heterocycles.